The number of hydrogen-bond donors (Lipinski definition) is 1. The minimum absolute atomic E-state index is 0.0215. The summed E-state index contributed by atoms with van der Waals surface area (Å²) in [6, 6.07) is 4.36. The fourth-order valence-electron chi connectivity index (χ4n) is 2.26. The normalized spacial score (nSPS) is 19.4. The second kappa shape index (κ2) is 5.28. The molecule has 1 aromatic carbocycles. The lowest BCUT2D eigenvalue weighted by Crippen LogP contribution is -2.25. The number of rotatable bonds is 4. The Kier molecular flexibility index (Phi) is 3.85. The number of carbonyl (C=O) groups is 1. The number of methoxy groups -OCH3 is 1. The maximum absolute atomic E-state index is 12.7. The van der Waals surface area contributed by atoms with Crippen molar-refractivity contribution < 1.29 is 26.9 Å². The number of ether oxygens (including phenoxy) is 1. The molecule has 0 radical (unpaired) electrons. The van der Waals surface area contributed by atoms with Crippen molar-refractivity contribution in [2.75, 3.05) is 24.3 Å². The maximum atomic E-state index is 12.7. The van der Waals surface area contributed by atoms with Crippen LogP contribution in [0.1, 0.15) is 6.42 Å². The molecule has 1 amide bonds. The van der Waals surface area contributed by atoms with Crippen LogP contribution in [0.15, 0.2) is 18.2 Å². The topological polar surface area (TPSA) is 83.9 Å². The fourth-order valence-corrected chi connectivity index (χ4v) is 3.04. The summed E-state index contributed by atoms with van der Waals surface area (Å²) in [5, 5.41) is 9.49. The van der Waals surface area contributed by atoms with Crippen LogP contribution < -0.4 is 9.64 Å². The van der Waals surface area contributed by atoms with E-state index in [1.165, 1.54) is 30.2 Å². The molecular weight excluding hydrogens is 289 g/mol. The van der Waals surface area contributed by atoms with Gasteiger partial charge in [0.15, 0.2) is 11.5 Å². The van der Waals surface area contributed by atoms with Gasteiger partial charge in [0.25, 0.3) is 0 Å². The first kappa shape index (κ1) is 14.6. The lowest BCUT2D eigenvalue weighted by atomic mass is 10.1. The Morgan fingerprint density at radius 3 is 2.80 bits per heavy atom. The summed E-state index contributed by atoms with van der Waals surface area (Å²) in [4.78, 5) is 13.2. The van der Waals surface area contributed by atoms with Crippen molar-refractivity contribution in [3.8, 4) is 11.5 Å². The molecule has 1 aliphatic rings. The van der Waals surface area contributed by atoms with Crippen molar-refractivity contribution in [3.63, 3.8) is 0 Å². The Labute approximate surface area is 116 Å². The van der Waals surface area contributed by atoms with Gasteiger partial charge in [-0.3, -0.25) is 4.79 Å². The summed E-state index contributed by atoms with van der Waals surface area (Å²) in [5.74, 6) is -1.38. The fraction of sp³-hybridized carbons (Fsp3) is 0.417. The summed E-state index contributed by atoms with van der Waals surface area (Å²) in [6.07, 6.45) is -0.0215. The van der Waals surface area contributed by atoms with Crippen molar-refractivity contribution in [3.05, 3.63) is 18.2 Å². The molecule has 1 saturated heterocycles. The molecule has 0 bridgehead atoms. The molecule has 110 valence electrons. The molecule has 0 aromatic heterocycles. The van der Waals surface area contributed by atoms with E-state index in [2.05, 4.69) is 0 Å². The average molecular weight is 303 g/mol. The van der Waals surface area contributed by atoms with Crippen molar-refractivity contribution in [1.82, 2.24) is 0 Å². The lowest BCUT2D eigenvalue weighted by molar-refractivity contribution is -0.117. The number of aromatic hydroxyl groups is 1. The highest BCUT2D eigenvalue weighted by atomic mass is 32.3. The van der Waals surface area contributed by atoms with Crippen LogP contribution in [-0.2, 0) is 15.0 Å². The van der Waals surface area contributed by atoms with Crippen molar-refractivity contribution >= 4 is 21.8 Å². The Morgan fingerprint density at radius 1 is 1.50 bits per heavy atom. The molecule has 1 N–H and O–H groups in total. The molecule has 1 unspecified atom stereocenters. The van der Waals surface area contributed by atoms with Gasteiger partial charge in [-0.05, 0) is 12.1 Å². The van der Waals surface area contributed by atoms with Crippen LogP contribution in [0, 0.1) is 5.92 Å². The van der Waals surface area contributed by atoms with Gasteiger partial charge in [0.2, 0.25) is 5.91 Å². The Balaban J connectivity index is 2.20. The highest BCUT2D eigenvalue weighted by molar-refractivity contribution is 7.86. The number of anilines is 1. The van der Waals surface area contributed by atoms with Crippen LogP contribution in [-0.4, -0.2) is 38.8 Å². The molecule has 1 atom stereocenters. The van der Waals surface area contributed by atoms with Gasteiger partial charge in [-0.25, -0.2) is 0 Å². The van der Waals surface area contributed by atoms with Crippen LogP contribution in [0.5, 0.6) is 11.5 Å². The smallest absolute Gasteiger partial charge is 0.302 e. The predicted molar refractivity (Wildman–Crippen MR) is 70.0 cm³/mol. The average Bonchev–Trinajstić information content (AvgIpc) is 2.68. The van der Waals surface area contributed by atoms with Gasteiger partial charge in [-0.1, -0.05) is 0 Å². The van der Waals surface area contributed by atoms with E-state index in [9.17, 15) is 22.2 Å². The third kappa shape index (κ3) is 3.19. The van der Waals surface area contributed by atoms with Crippen molar-refractivity contribution in [2.24, 2.45) is 5.92 Å². The Morgan fingerprint density at radius 2 is 2.20 bits per heavy atom. The van der Waals surface area contributed by atoms with Crippen LogP contribution >= 0.6 is 0 Å². The van der Waals surface area contributed by atoms with Gasteiger partial charge in [0.1, 0.15) is 0 Å². The number of phenols is 1. The zero-order valence-corrected chi connectivity index (χ0v) is 11.6. The first-order chi connectivity index (χ1) is 9.30. The third-order valence-electron chi connectivity index (χ3n) is 3.11. The Bertz CT molecular complexity index is 631. The Hall–Kier alpha value is -1.83. The van der Waals surface area contributed by atoms with Crippen molar-refractivity contribution in [1.29, 1.82) is 0 Å². The molecule has 6 nitrogen and oxygen atoms in total. The zero-order valence-electron chi connectivity index (χ0n) is 10.7. The number of carbonyl (C=O) groups excluding carboxylic acids is 1. The number of nitrogens with zero attached hydrogens (tertiary/aromatic N) is 1. The molecule has 0 saturated carbocycles. The van der Waals surface area contributed by atoms with E-state index in [0.29, 0.717) is 5.69 Å². The van der Waals surface area contributed by atoms with Gasteiger partial charge in [-0.15, -0.1) is 3.89 Å². The summed E-state index contributed by atoms with van der Waals surface area (Å²) >= 11 is 0. The van der Waals surface area contributed by atoms with E-state index < -0.39 is 21.9 Å². The molecule has 0 spiro atoms. The molecular formula is C12H14FNO5S. The quantitative estimate of drug-likeness (QED) is 0.841. The molecule has 1 aromatic rings. The van der Waals surface area contributed by atoms with E-state index in [1.807, 2.05) is 0 Å². The number of phenolic OH excluding ortho intramolecular Hbond substituents is 1. The summed E-state index contributed by atoms with van der Waals surface area (Å²) in [7, 11) is -3.22. The second-order valence-corrected chi connectivity index (χ2v) is 6.05. The molecule has 8 heteroatoms. The largest absolute Gasteiger partial charge is 0.504 e. The van der Waals surface area contributed by atoms with Crippen LogP contribution in [0.25, 0.3) is 0 Å². The summed E-state index contributed by atoms with van der Waals surface area (Å²) < 4.78 is 38.9. The summed E-state index contributed by atoms with van der Waals surface area (Å²) in [6.45, 7) is 0.121. The van der Waals surface area contributed by atoms with Gasteiger partial charge in [0, 0.05) is 30.6 Å². The zero-order chi connectivity index (χ0) is 14.9. The first-order valence-corrected chi connectivity index (χ1v) is 7.45. The van der Waals surface area contributed by atoms with Crippen LogP contribution in [0.2, 0.25) is 0 Å². The minimum atomic E-state index is -4.60. The SMILES string of the molecule is COc1cc(N2CC(CS(=O)(=O)F)CC2=O)ccc1O. The molecule has 1 aliphatic heterocycles. The monoisotopic (exact) mass is 303 g/mol. The third-order valence-corrected chi connectivity index (χ3v) is 3.98. The van der Waals surface area contributed by atoms with E-state index in [0.717, 1.165) is 0 Å². The predicted octanol–water partition coefficient (Wildman–Crippen LogP) is 1.05. The van der Waals surface area contributed by atoms with E-state index in [1.54, 1.807) is 0 Å². The highest BCUT2D eigenvalue weighted by Gasteiger charge is 2.33. The van der Waals surface area contributed by atoms with Crippen LogP contribution in [0.4, 0.5) is 9.57 Å². The molecule has 20 heavy (non-hydrogen) atoms. The standard InChI is InChI=1S/C12H14FNO5S/c1-19-11-5-9(2-3-10(11)15)14-6-8(4-12(14)16)7-20(13,17)18/h2-3,5,8,15H,4,6-7H2,1H3. The number of amides is 1. The van der Waals surface area contributed by atoms with Gasteiger partial charge in [0.05, 0.1) is 12.9 Å². The second-order valence-electron chi connectivity index (χ2n) is 4.64. The van der Waals surface area contributed by atoms with Crippen LogP contribution in [0.3, 0.4) is 0 Å². The molecule has 1 heterocycles. The molecule has 2 rings (SSSR count). The number of hydrogen-bond acceptors (Lipinski definition) is 5. The van der Waals surface area contributed by atoms with Gasteiger partial charge in [-0.2, -0.15) is 8.42 Å². The van der Waals surface area contributed by atoms with E-state index in [-0.39, 0.29) is 30.4 Å². The van der Waals surface area contributed by atoms with E-state index >= 15 is 0 Å². The number of benzene rings is 1. The first-order valence-electron chi connectivity index (χ1n) is 5.90. The highest BCUT2D eigenvalue weighted by Crippen LogP contribution is 2.33. The minimum Gasteiger partial charge on any atom is -0.504 e. The lowest BCUT2D eigenvalue weighted by Gasteiger charge is -2.17. The molecule has 0 aliphatic carbocycles. The molecule has 1 fully saturated rings. The van der Waals surface area contributed by atoms with Gasteiger partial charge >= 0.3 is 10.2 Å². The summed E-state index contributed by atoms with van der Waals surface area (Å²) in [5.41, 5.74) is 0.475. The number of halogens is 1. The maximum Gasteiger partial charge on any atom is 0.302 e. The van der Waals surface area contributed by atoms with Gasteiger partial charge < -0.3 is 14.7 Å². The van der Waals surface area contributed by atoms with E-state index in [4.69, 9.17) is 4.74 Å². The van der Waals surface area contributed by atoms with Crippen molar-refractivity contribution in [2.45, 2.75) is 6.42 Å².